The first-order chi connectivity index (χ1) is 5.56. The number of pyridine rings is 1. The van der Waals surface area contributed by atoms with Crippen molar-refractivity contribution < 1.29 is 13.2 Å². The van der Waals surface area contributed by atoms with E-state index in [4.69, 9.17) is 0 Å². The Bertz CT molecular complexity index is 273. The highest BCUT2D eigenvalue weighted by molar-refractivity contribution is 5.16. The highest BCUT2D eigenvalue weighted by Crippen LogP contribution is 2.30. The summed E-state index contributed by atoms with van der Waals surface area (Å²) < 4.78 is 38.1. The molecule has 0 aromatic carbocycles. The molecule has 0 spiro atoms. The van der Waals surface area contributed by atoms with E-state index in [1.807, 2.05) is 0 Å². The summed E-state index contributed by atoms with van der Waals surface area (Å²) in [6.45, 7) is 1.35. The van der Waals surface area contributed by atoms with E-state index in [1.54, 1.807) is 0 Å². The third-order valence-electron chi connectivity index (χ3n) is 1.59. The summed E-state index contributed by atoms with van der Waals surface area (Å²) in [6.07, 6.45) is 0.699. The minimum absolute atomic E-state index is 0.322. The van der Waals surface area contributed by atoms with Gasteiger partial charge in [-0.15, -0.1) is 0 Å². The van der Waals surface area contributed by atoms with Gasteiger partial charge in [-0.25, -0.2) is 13.8 Å². The zero-order valence-corrected chi connectivity index (χ0v) is 6.52. The minimum Gasteiger partial charge on any atom is -0.228 e. The van der Waals surface area contributed by atoms with Gasteiger partial charge in [-0.2, -0.15) is 4.39 Å². The zero-order chi connectivity index (χ0) is 9.19. The van der Waals surface area contributed by atoms with Gasteiger partial charge in [0.1, 0.15) is 0 Å². The van der Waals surface area contributed by atoms with Gasteiger partial charge in [0.2, 0.25) is 5.95 Å². The van der Waals surface area contributed by atoms with Crippen molar-refractivity contribution in [2.75, 3.05) is 0 Å². The first kappa shape index (κ1) is 9.03. The zero-order valence-electron chi connectivity index (χ0n) is 6.52. The fraction of sp³-hybridized carbons (Fsp3) is 0.375. The van der Waals surface area contributed by atoms with Crippen LogP contribution in [0, 0.1) is 5.95 Å². The Morgan fingerprint density at radius 1 is 1.50 bits per heavy atom. The van der Waals surface area contributed by atoms with Crippen molar-refractivity contribution in [1.82, 2.24) is 4.98 Å². The fourth-order valence-corrected chi connectivity index (χ4v) is 0.834. The molecular weight excluding hydrogens is 167 g/mol. The van der Waals surface area contributed by atoms with Crippen molar-refractivity contribution >= 4 is 0 Å². The third-order valence-corrected chi connectivity index (χ3v) is 1.59. The summed E-state index contributed by atoms with van der Waals surface area (Å²) in [6, 6.07) is 1.87. The van der Waals surface area contributed by atoms with E-state index in [2.05, 4.69) is 4.98 Å². The smallest absolute Gasteiger partial charge is 0.228 e. The summed E-state index contributed by atoms with van der Waals surface area (Å²) in [5.41, 5.74) is -0.322. The molecule has 0 fully saturated rings. The standard InChI is InChI=1S/C8H8F3N/c1-2-8(10,11)6-3-4-12-7(9)5-6/h3-5H,2H2,1H3. The normalized spacial score (nSPS) is 11.7. The van der Waals surface area contributed by atoms with Gasteiger partial charge in [0.05, 0.1) is 0 Å². The monoisotopic (exact) mass is 175 g/mol. The van der Waals surface area contributed by atoms with E-state index in [9.17, 15) is 13.2 Å². The van der Waals surface area contributed by atoms with Crippen LogP contribution >= 0.6 is 0 Å². The SMILES string of the molecule is CCC(F)(F)c1ccnc(F)c1. The number of rotatable bonds is 2. The maximum absolute atomic E-state index is 12.9. The van der Waals surface area contributed by atoms with Crippen LogP contribution in [0.15, 0.2) is 18.3 Å². The molecule has 4 heteroatoms. The largest absolute Gasteiger partial charge is 0.273 e. The van der Waals surface area contributed by atoms with Crippen LogP contribution in [0.1, 0.15) is 18.9 Å². The van der Waals surface area contributed by atoms with Gasteiger partial charge in [0.15, 0.2) is 0 Å². The number of alkyl halides is 2. The quantitative estimate of drug-likeness (QED) is 0.630. The van der Waals surface area contributed by atoms with Gasteiger partial charge >= 0.3 is 0 Å². The Labute approximate surface area is 68.2 Å². The first-order valence-corrected chi connectivity index (χ1v) is 3.56. The van der Waals surface area contributed by atoms with Crippen LogP contribution in [0.25, 0.3) is 0 Å². The summed E-state index contributed by atoms with van der Waals surface area (Å²) in [4.78, 5) is 3.19. The van der Waals surface area contributed by atoms with E-state index in [1.165, 1.54) is 6.92 Å². The van der Waals surface area contributed by atoms with Crippen molar-refractivity contribution in [3.8, 4) is 0 Å². The molecule has 1 aromatic rings. The molecule has 0 saturated heterocycles. The molecule has 12 heavy (non-hydrogen) atoms. The lowest BCUT2D eigenvalue weighted by atomic mass is 10.1. The molecule has 0 saturated carbocycles. The molecule has 0 amide bonds. The topological polar surface area (TPSA) is 12.9 Å². The van der Waals surface area contributed by atoms with Gasteiger partial charge in [-0.1, -0.05) is 6.92 Å². The number of hydrogen-bond donors (Lipinski definition) is 0. The van der Waals surface area contributed by atoms with Crippen LogP contribution in [-0.4, -0.2) is 4.98 Å². The lowest BCUT2D eigenvalue weighted by molar-refractivity contribution is -0.00870. The predicted octanol–water partition coefficient (Wildman–Crippen LogP) is 2.72. The van der Waals surface area contributed by atoms with Gasteiger partial charge in [0, 0.05) is 24.2 Å². The molecule has 0 aliphatic heterocycles. The Morgan fingerprint density at radius 2 is 2.17 bits per heavy atom. The molecule has 1 rings (SSSR count). The minimum atomic E-state index is -2.95. The molecule has 1 nitrogen and oxygen atoms in total. The summed E-state index contributed by atoms with van der Waals surface area (Å²) in [7, 11) is 0. The predicted molar refractivity (Wildman–Crippen MR) is 38.4 cm³/mol. The van der Waals surface area contributed by atoms with Crippen molar-refractivity contribution in [2.45, 2.75) is 19.3 Å². The number of hydrogen-bond acceptors (Lipinski definition) is 1. The number of nitrogens with zero attached hydrogens (tertiary/aromatic N) is 1. The van der Waals surface area contributed by atoms with E-state index in [0.29, 0.717) is 0 Å². The summed E-state index contributed by atoms with van der Waals surface area (Å²) in [5, 5.41) is 0. The van der Waals surface area contributed by atoms with E-state index in [-0.39, 0.29) is 12.0 Å². The number of aromatic nitrogens is 1. The Kier molecular flexibility index (Phi) is 2.35. The third kappa shape index (κ3) is 1.75. The van der Waals surface area contributed by atoms with Crippen molar-refractivity contribution in [2.24, 2.45) is 0 Å². The second-order valence-electron chi connectivity index (χ2n) is 2.43. The van der Waals surface area contributed by atoms with E-state index >= 15 is 0 Å². The van der Waals surface area contributed by atoms with Gasteiger partial charge in [-0.3, -0.25) is 0 Å². The molecule has 0 atom stereocenters. The highest BCUT2D eigenvalue weighted by atomic mass is 19.3. The van der Waals surface area contributed by atoms with Crippen LogP contribution in [0.3, 0.4) is 0 Å². The van der Waals surface area contributed by atoms with E-state index in [0.717, 1.165) is 18.3 Å². The molecule has 0 radical (unpaired) electrons. The van der Waals surface area contributed by atoms with Crippen molar-refractivity contribution in [3.05, 3.63) is 29.8 Å². The molecule has 1 aromatic heterocycles. The van der Waals surface area contributed by atoms with Crippen molar-refractivity contribution in [1.29, 1.82) is 0 Å². The Morgan fingerprint density at radius 3 is 2.67 bits per heavy atom. The Balaban J connectivity index is 3.03. The molecule has 0 unspecified atom stereocenters. The van der Waals surface area contributed by atoms with Crippen LogP contribution in [0.5, 0.6) is 0 Å². The first-order valence-electron chi connectivity index (χ1n) is 3.56. The maximum Gasteiger partial charge on any atom is 0.273 e. The van der Waals surface area contributed by atoms with Gasteiger partial charge < -0.3 is 0 Å². The number of halogens is 3. The molecule has 0 aliphatic rings. The lowest BCUT2D eigenvalue weighted by Crippen LogP contribution is -2.11. The van der Waals surface area contributed by atoms with Crippen LogP contribution in [0.4, 0.5) is 13.2 Å². The highest BCUT2D eigenvalue weighted by Gasteiger charge is 2.29. The fourth-order valence-electron chi connectivity index (χ4n) is 0.834. The van der Waals surface area contributed by atoms with Crippen LogP contribution < -0.4 is 0 Å². The van der Waals surface area contributed by atoms with E-state index < -0.39 is 11.9 Å². The second kappa shape index (κ2) is 3.13. The molecule has 66 valence electrons. The van der Waals surface area contributed by atoms with Crippen molar-refractivity contribution in [3.63, 3.8) is 0 Å². The molecular formula is C8H8F3N. The average molecular weight is 175 g/mol. The molecule has 1 heterocycles. The lowest BCUT2D eigenvalue weighted by Gasteiger charge is -2.13. The molecule has 0 aliphatic carbocycles. The molecule has 0 bridgehead atoms. The van der Waals surface area contributed by atoms with Gasteiger partial charge in [-0.05, 0) is 6.07 Å². The molecule has 0 N–H and O–H groups in total. The Hall–Kier alpha value is -1.06. The maximum atomic E-state index is 12.9. The van der Waals surface area contributed by atoms with Gasteiger partial charge in [0.25, 0.3) is 5.92 Å². The van der Waals surface area contributed by atoms with Crippen LogP contribution in [-0.2, 0) is 5.92 Å². The average Bonchev–Trinajstić information content (AvgIpc) is 2.05. The second-order valence-corrected chi connectivity index (χ2v) is 2.43. The summed E-state index contributed by atoms with van der Waals surface area (Å²) >= 11 is 0. The van der Waals surface area contributed by atoms with Crippen LogP contribution in [0.2, 0.25) is 0 Å². The summed E-state index contributed by atoms with van der Waals surface area (Å²) in [5.74, 6) is -3.83.